The summed E-state index contributed by atoms with van der Waals surface area (Å²) in [6.45, 7) is 5.55. The summed E-state index contributed by atoms with van der Waals surface area (Å²) in [5.74, 6) is 0.164. The second kappa shape index (κ2) is 11.4. The van der Waals surface area contributed by atoms with Crippen LogP contribution in [0, 0.1) is 0 Å². The van der Waals surface area contributed by atoms with Crippen LogP contribution in [-0.4, -0.2) is 61.7 Å². The second-order valence-corrected chi connectivity index (χ2v) is 9.81. The van der Waals surface area contributed by atoms with Gasteiger partial charge in [0.15, 0.2) is 5.79 Å². The van der Waals surface area contributed by atoms with E-state index in [4.69, 9.17) is 28.4 Å². The van der Waals surface area contributed by atoms with E-state index in [0.29, 0.717) is 25.4 Å². The average molecular weight is 497 g/mol. The third-order valence-electron chi connectivity index (χ3n) is 7.34. The fourth-order valence-corrected chi connectivity index (χ4v) is 5.35. The van der Waals surface area contributed by atoms with Crippen LogP contribution >= 0.6 is 0 Å². The van der Waals surface area contributed by atoms with E-state index in [1.54, 1.807) is 7.11 Å². The van der Waals surface area contributed by atoms with Gasteiger partial charge in [-0.1, -0.05) is 49.0 Å². The van der Waals surface area contributed by atoms with E-state index in [-0.39, 0.29) is 31.0 Å². The zero-order valence-corrected chi connectivity index (χ0v) is 20.8. The van der Waals surface area contributed by atoms with Crippen LogP contribution < -0.4 is 4.74 Å². The van der Waals surface area contributed by atoms with Gasteiger partial charge in [0.05, 0.1) is 45.7 Å². The molecule has 2 aromatic rings. The highest BCUT2D eigenvalue weighted by Crippen LogP contribution is 2.45. The highest BCUT2D eigenvalue weighted by atomic mass is 16.7. The Kier molecular flexibility index (Phi) is 8.06. The number of rotatable bonds is 9. The molecule has 6 atom stereocenters. The van der Waals surface area contributed by atoms with Crippen LogP contribution in [0.25, 0.3) is 0 Å². The lowest BCUT2D eigenvalue weighted by Crippen LogP contribution is -2.59. The summed E-state index contributed by atoms with van der Waals surface area (Å²) in [5, 5.41) is 9.86. The van der Waals surface area contributed by atoms with E-state index in [1.165, 1.54) is 0 Å². The number of fused-ring (bicyclic) bond motifs is 1. The van der Waals surface area contributed by atoms with Crippen molar-refractivity contribution in [3.8, 4) is 5.75 Å². The van der Waals surface area contributed by atoms with Crippen molar-refractivity contribution in [1.82, 2.24) is 0 Å². The van der Waals surface area contributed by atoms with E-state index < -0.39 is 11.9 Å². The molecule has 0 radical (unpaired) electrons. The number of aliphatic hydroxyl groups is 1. The zero-order valence-electron chi connectivity index (χ0n) is 20.8. The average Bonchev–Trinajstić information content (AvgIpc) is 3.31. The van der Waals surface area contributed by atoms with E-state index in [0.717, 1.165) is 42.6 Å². The third kappa shape index (κ3) is 5.67. The van der Waals surface area contributed by atoms with Gasteiger partial charge in [-0.3, -0.25) is 0 Å². The van der Waals surface area contributed by atoms with Gasteiger partial charge in [0.2, 0.25) is 0 Å². The smallest absolute Gasteiger partial charge is 0.169 e. The summed E-state index contributed by atoms with van der Waals surface area (Å²) in [5.41, 5.74) is 2.88. The highest BCUT2D eigenvalue weighted by molar-refractivity contribution is 5.26. The predicted molar refractivity (Wildman–Crippen MR) is 134 cm³/mol. The van der Waals surface area contributed by atoms with Crippen LogP contribution in [0.2, 0.25) is 0 Å². The molecule has 1 N–H and O–H groups in total. The lowest BCUT2D eigenvalue weighted by molar-refractivity contribution is -0.324. The van der Waals surface area contributed by atoms with Crippen LogP contribution in [0.15, 0.2) is 66.7 Å². The van der Waals surface area contributed by atoms with Gasteiger partial charge in [-0.05, 0) is 41.7 Å². The van der Waals surface area contributed by atoms with E-state index in [2.05, 4.69) is 6.58 Å². The maximum Gasteiger partial charge on any atom is 0.169 e. The lowest BCUT2D eigenvalue weighted by atomic mass is 9.87. The normalized spacial score (nSPS) is 31.9. The van der Waals surface area contributed by atoms with Crippen molar-refractivity contribution in [3.05, 3.63) is 77.9 Å². The Morgan fingerprint density at radius 3 is 2.47 bits per heavy atom. The van der Waals surface area contributed by atoms with Crippen molar-refractivity contribution >= 4 is 0 Å². The van der Waals surface area contributed by atoms with Crippen LogP contribution in [0.5, 0.6) is 5.75 Å². The quantitative estimate of drug-likeness (QED) is 0.523. The number of benzene rings is 2. The van der Waals surface area contributed by atoms with Crippen LogP contribution in [-0.2, 0) is 36.9 Å². The summed E-state index contributed by atoms with van der Waals surface area (Å²) in [6, 6.07) is 17.9. The van der Waals surface area contributed by atoms with Gasteiger partial charge in [-0.25, -0.2) is 0 Å². The van der Waals surface area contributed by atoms with Gasteiger partial charge in [-0.2, -0.15) is 0 Å². The number of hydrogen-bond acceptors (Lipinski definition) is 7. The summed E-state index contributed by atoms with van der Waals surface area (Å²) in [6.07, 6.45) is 1.81. The monoisotopic (exact) mass is 496 g/mol. The summed E-state index contributed by atoms with van der Waals surface area (Å²) in [4.78, 5) is 0. The number of aliphatic hydroxyl groups excluding tert-OH is 1. The highest BCUT2D eigenvalue weighted by Gasteiger charge is 2.53. The minimum absolute atomic E-state index is 0.0265. The molecule has 0 aliphatic carbocycles. The molecule has 0 aromatic heterocycles. The molecule has 36 heavy (non-hydrogen) atoms. The van der Waals surface area contributed by atoms with Crippen molar-refractivity contribution in [2.24, 2.45) is 0 Å². The molecule has 1 spiro atoms. The molecule has 3 aliphatic rings. The van der Waals surface area contributed by atoms with Gasteiger partial charge >= 0.3 is 0 Å². The first-order chi connectivity index (χ1) is 17.6. The van der Waals surface area contributed by atoms with E-state index in [9.17, 15) is 5.11 Å². The molecule has 7 heteroatoms. The lowest BCUT2D eigenvalue weighted by Gasteiger charge is -2.49. The first-order valence-corrected chi connectivity index (χ1v) is 12.8. The van der Waals surface area contributed by atoms with Gasteiger partial charge in [0, 0.05) is 12.8 Å². The molecule has 0 bridgehead atoms. The first kappa shape index (κ1) is 25.4. The van der Waals surface area contributed by atoms with Crippen molar-refractivity contribution in [2.75, 3.05) is 20.3 Å². The Hall–Kier alpha value is -2.26. The van der Waals surface area contributed by atoms with Crippen LogP contribution in [0.4, 0.5) is 0 Å². The Morgan fingerprint density at radius 1 is 0.972 bits per heavy atom. The van der Waals surface area contributed by atoms with Gasteiger partial charge < -0.3 is 33.5 Å². The first-order valence-electron chi connectivity index (χ1n) is 12.8. The molecule has 3 heterocycles. The SMILES string of the molecule is C=C1[C@@H](OCc2ccccc2)[C@@H]2O[C@]3(CC[C@H](COCc4ccc(OC)cc4)O3)CC[C@H]2O[C@@H]1CO. The van der Waals surface area contributed by atoms with E-state index in [1.807, 2.05) is 54.6 Å². The standard InChI is InChI=1S/C29H36O7/c1-20-26(16-30)34-25-13-15-29(36-28(25)27(20)33-18-21-6-4-3-5-7-21)14-12-24(35-29)19-32-17-22-8-10-23(31-2)11-9-22/h3-11,24-28,30H,1,12-19H2,2H3/t24-,25-,26-,27-,28-,29-/m1/s1. The molecule has 3 fully saturated rings. The topological polar surface area (TPSA) is 75.6 Å². The maximum absolute atomic E-state index is 9.86. The fraction of sp³-hybridized carbons (Fsp3) is 0.517. The van der Waals surface area contributed by atoms with E-state index >= 15 is 0 Å². The van der Waals surface area contributed by atoms with Gasteiger partial charge in [-0.15, -0.1) is 0 Å². The number of ether oxygens (including phenoxy) is 6. The van der Waals surface area contributed by atoms with Crippen molar-refractivity contribution < 1.29 is 33.5 Å². The van der Waals surface area contributed by atoms with Gasteiger partial charge in [0.25, 0.3) is 0 Å². The number of methoxy groups -OCH3 is 1. The van der Waals surface area contributed by atoms with Crippen molar-refractivity contribution in [3.63, 3.8) is 0 Å². The summed E-state index contributed by atoms with van der Waals surface area (Å²) >= 11 is 0. The Labute approximate surface area is 212 Å². The predicted octanol–water partition coefficient (Wildman–Crippen LogP) is 4.17. The molecule has 0 amide bonds. The van der Waals surface area contributed by atoms with Crippen molar-refractivity contribution in [1.29, 1.82) is 0 Å². The molecule has 2 aromatic carbocycles. The molecule has 0 saturated carbocycles. The molecule has 3 saturated heterocycles. The zero-order chi connectivity index (χ0) is 25.0. The molecule has 0 unspecified atom stereocenters. The van der Waals surface area contributed by atoms with Crippen molar-refractivity contribution in [2.45, 2.75) is 75.2 Å². The van der Waals surface area contributed by atoms with Crippen LogP contribution in [0.1, 0.15) is 36.8 Å². The summed E-state index contributed by atoms with van der Waals surface area (Å²) < 4.78 is 36.8. The molecular weight excluding hydrogens is 460 g/mol. The minimum atomic E-state index is -0.667. The Morgan fingerprint density at radius 2 is 1.72 bits per heavy atom. The molecule has 7 nitrogen and oxygen atoms in total. The fourth-order valence-electron chi connectivity index (χ4n) is 5.35. The Bertz CT molecular complexity index is 994. The van der Waals surface area contributed by atoms with Gasteiger partial charge in [0.1, 0.15) is 24.1 Å². The number of hydrogen-bond donors (Lipinski definition) is 1. The Balaban J connectivity index is 1.19. The minimum Gasteiger partial charge on any atom is -0.497 e. The summed E-state index contributed by atoms with van der Waals surface area (Å²) in [7, 11) is 1.66. The molecule has 3 aliphatic heterocycles. The second-order valence-electron chi connectivity index (χ2n) is 9.81. The third-order valence-corrected chi connectivity index (χ3v) is 7.34. The molecule has 194 valence electrons. The molecule has 5 rings (SSSR count). The maximum atomic E-state index is 9.86. The molecular formula is C29H36O7. The largest absolute Gasteiger partial charge is 0.497 e. The van der Waals surface area contributed by atoms with Crippen LogP contribution in [0.3, 0.4) is 0 Å².